The smallest absolute Gasteiger partial charge is 0.338 e. The van der Waals surface area contributed by atoms with Gasteiger partial charge >= 0.3 is 5.97 Å². The molecule has 0 saturated heterocycles. The first-order valence-electron chi connectivity index (χ1n) is 6.77. The summed E-state index contributed by atoms with van der Waals surface area (Å²) in [4.78, 5) is 15.7. The number of esters is 1. The topological polar surface area (TPSA) is 77.2 Å². The summed E-state index contributed by atoms with van der Waals surface area (Å²) in [5.41, 5.74) is 6.67. The fraction of sp³-hybridized carbons (Fsp3) is 0.571. The lowest BCUT2D eigenvalue weighted by Crippen LogP contribution is -2.39. The molecule has 19 heavy (non-hydrogen) atoms. The van der Waals surface area contributed by atoms with E-state index in [1.165, 1.54) is 26.4 Å². The van der Waals surface area contributed by atoms with Crippen LogP contribution in [-0.2, 0) is 4.74 Å². The number of rotatable bonds is 3. The Balaban J connectivity index is 2.07. The first-order chi connectivity index (χ1) is 9.20. The van der Waals surface area contributed by atoms with Gasteiger partial charge in [-0.15, -0.1) is 0 Å². The minimum absolute atomic E-state index is 0.145. The van der Waals surface area contributed by atoms with Crippen molar-refractivity contribution in [2.24, 2.45) is 5.73 Å². The number of carbonyl (C=O) groups is 1. The Kier molecular flexibility index (Phi) is 4.74. The Morgan fingerprint density at radius 3 is 3.00 bits per heavy atom. The standard InChI is InChI=1S/C14H21N3O2/c1-19-14(18)10-7-8-16-13(9-10)17-12-6-4-2-3-5-11(12)15/h7-9,11-12H,2-6,15H2,1H3,(H,16,17). The largest absolute Gasteiger partial charge is 0.465 e. The van der Waals surface area contributed by atoms with Crippen molar-refractivity contribution in [2.75, 3.05) is 12.4 Å². The van der Waals surface area contributed by atoms with Gasteiger partial charge in [-0.25, -0.2) is 9.78 Å². The number of hydrogen-bond donors (Lipinski definition) is 2. The molecule has 5 nitrogen and oxygen atoms in total. The summed E-state index contributed by atoms with van der Waals surface area (Å²) in [6.45, 7) is 0. The monoisotopic (exact) mass is 263 g/mol. The molecule has 0 aliphatic heterocycles. The van der Waals surface area contributed by atoms with Crippen molar-refractivity contribution in [1.82, 2.24) is 4.98 Å². The fourth-order valence-electron chi connectivity index (χ4n) is 2.46. The van der Waals surface area contributed by atoms with Gasteiger partial charge in [0.15, 0.2) is 0 Å². The second kappa shape index (κ2) is 6.52. The van der Waals surface area contributed by atoms with E-state index in [1.54, 1.807) is 18.3 Å². The van der Waals surface area contributed by atoms with E-state index < -0.39 is 0 Å². The van der Waals surface area contributed by atoms with Crippen LogP contribution in [0.2, 0.25) is 0 Å². The highest BCUT2D eigenvalue weighted by Crippen LogP contribution is 2.20. The van der Waals surface area contributed by atoms with Crippen molar-refractivity contribution in [1.29, 1.82) is 0 Å². The average molecular weight is 263 g/mol. The summed E-state index contributed by atoms with van der Waals surface area (Å²) in [7, 11) is 1.37. The van der Waals surface area contributed by atoms with Gasteiger partial charge in [0.2, 0.25) is 0 Å². The van der Waals surface area contributed by atoms with E-state index in [0.29, 0.717) is 11.4 Å². The Morgan fingerprint density at radius 2 is 2.21 bits per heavy atom. The molecule has 1 saturated carbocycles. The molecule has 2 atom stereocenters. The van der Waals surface area contributed by atoms with Crippen molar-refractivity contribution < 1.29 is 9.53 Å². The quantitative estimate of drug-likeness (QED) is 0.643. The lowest BCUT2D eigenvalue weighted by atomic mass is 10.0. The molecule has 1 heterocycles. The van der Waals surface area contributed by atoms with Crippen LogP contribution >= 0.6 is 0 Å². The summed E-state index contributed by atoms with van der Waals surface area (Å²) in [5, 5.41) is 3.35. The normalized spacial score (nSPS) is 23.5. The predicted octanol–water partition coefficient (Wildman–Crippen LogP) is 1.94. The number of nitrogens with one attached hydrogen (secondary N) is 1. The number of nitrogens with two attached hydrogens (primary N) is 1. The molecule has 0 aromatic carbocycles. The minimum atomic E-state index is -0.351. The van der Waals surface area contributed by atoms with Crippen LogP contribution in [0, 0.1) is 0 Å². The molecular formula is C14H21N3O2. The van der Waals surface area contributed by atoms with Gasteiger partial charge < -0.3 is 15.8 Å². The highest BCUT2D eigenvalue weighted by atomic mass is 16.5. The van der Waals surface area contributed by atoms with E-state index in [1.807, 2.05) is 0 Å². The lowest BCUT2D eigenvalue weighted by molar-refractivity contribution is 0.0600. The van der Waals surface area contributed by atoms with Gasteiger partial charge in [0.25, 0.3) is 0 Å². The number of ether oxygens (including phenoxy) is 1. The number of methoxy groups -OCH3 is 1. The molecular weight excluding hydrogens is 242 g/mol. The fourth-order valence-corrected chi connectivity index (χ4v) is 2.46. The number of anilines is 1. The van der Waals surface area contributed by atoms with Gasteiger partial charge in [-0.1, -0.05) is 19.3 Å². The maximum Gasteiger partial charge on any atom is 0.338 e. The van der Waals surface area contributed by atoms with Gasteiger partial charge in [-0.2, -0.15) is 0 Å². The van der Waals surface area contributed by atoms with E-state index in [2.05, 4.69) is 10.3 Å². The summed E-state index contributed by atoms with van der Waals surface area (Å²) >= 11 is 0. The molecule has 5 heteroatoms. The maximum atomic E-state index is 11.5. The van der Waals surface area contributed by atoms with Crippen LogP contribution in [0.4, 0.5) is 5.82 Å². The van der Waals surface area contributed by atoms with Crippen LogP contribution in [-0.4, -0.2) is 30.1 Å². The SMILES string of the molecule is COC(=O)c1ccnc(NC2CCCCCC2N)c1. The number of pyridine rings is 1. The third kappa shape index (κ3) is 3.67. The van der Waals surface area contributed by atoms with Gasteiger partial charge in [-0.05, 0) is 25.0 Å². The molecule has 0 radical (unpaired) electrons. The predicted molar refractivity (Wildman–Crippen MR) is 74.0 cm³/mol. The summed E-state index contributed by atoms with van der Waals surface area (Å²) in [6, 6.07) is 3.72. The van der Waals surface area contributed by atoms with Crippen LogP contribution in [0.25, 0.3) is 0 Å². The van der Waals surface area contributed by atoms with Gasteiger partial charge in [0.1, 0.15) is 5.82 Å². The van der Waals surface area contributed by atoms with Crippen molar-refractivity contribution >= 4 is 11.8 Å². The summed E-state index contributed by atoms with van der Waals surface area (Å²) in [6.07, 6.45) is 7.30. The van der Waals surface area contributed by atoms with E-state index in [4.69, 9.17) is 10.5 Å². The number of nitrogens with zero attached hydrogens (tertiary/aromatic N) is 1. The third-order valence-corrected chi connectivity index (χ3v) is 3.58. The zero-order chi connectivity index (χ0) is 13.7. The highest BCUT2D eigenvalue weighted by molar-refractivity contribution is 5.89. The molecule has 104 valence electrons. The minimum Gasteiger partial charge on any atom is -0.465 e. The van der Waals surface area contributed by atoms with Crippen LogP contribution in [0.5, 0.6) is 0 Å². The first-order valence-corrected chi connectivity index (χ1v) is 6.77. The van der Waals surface area contributed by atoms with Crippen molar-refractivity contribution in [3.05, 3.63) is 23.9 Å². The first kappa shape index (κ1) is 13.8. The zero-order valence-electron chi connectivity index (χ0n) is 11.3. The zero-order valence-corrected chi connectivity index (χ0v) is 11.3. The number of aromatic nitrogens is 1. The van der Waals surface area contributed by atoms with E-state index in [9.17, 15) is 4.79 Å². The Hall–Kier alpha value is -1.62. The summed E-state index contributed by atoms with van der Waals surface area (Å²) in [5.74, 6) is 0.334. The van der Waals surface area contributed by atoms with Crippen molar-refractivity contribution in [2.45, 2.75) is 44.2 Å². The second-order valence-corrected chi connectivity index (χ2v) is 4.97. The molecule has 0 bridgehead atoms. The van der Waals surface area contributed by atoms with E-state index in [-0.39, 0.29) is 18.1 Å². The number of carbonyl (C=O) groups excluding carboxylic acids is 1. The van der Waals surface area contributed by atoms with Gasteiger partial charge in [0.05, 0.1) is 12.7 Å². The van der Waals surface area contributed by atoms with Crippen molar-refractivity contribution in [3.8, 4) is 0 Å². The highest BCUT2D eigenvalue weighted by Gasteiger charge is 2.20. The third-order valence-electron chi connectivity index (χ3n) is 3.58. The number of hydrogen-bond acceptors (Lipinski definition) is 5. The molecule has 1 aromatic rings. The van der Waals surface area contributed by atoms with Gasteiger partial charge in [-0.3, -0.25) is 0 Å². The van der Waals surface area contributed by atoms with Crippen LogP contribution in [0.15, 0.2) is 18.3 Å². The molecule has 1 aliphatic carbocycles. The molecule has 1 fully saturated rings. The Morgan fingerprint density at radius 1 is 1.42 bits per heavy atom. The van der Waals surface area contributed by atoms with E-state index >= 15 is 0 Å². The molecule has 1 aliphatic rings. The van der Waals surface area contributed by atoms with Crippen LogP contribution in [0.1, 0.15) is 42.5 Å². The second-order valence-electron chi connectivity index (χ2n) is 4.97. The molecule has 2 rings (SSSR count). The van der Waals surface area contributed by atoms with Crippen molar-refractivity contribution in [3.63, 3.8) is 0 Å². The maximum absolute atomic E-state index is 11.5. The lowest BCUT2D eigenvalue weighted by Gasteiger charge is -2.23. The van der Waals surface area contributed by atoms with Gasteiger partial charge in [0, 0.05) is 18.3 Å². The van der Waals surface area contributed by atoms with Crippen LogP contribution < -0.4 is 11.1 Å². The Labute approximate surface area is 113 Å². The average Bonchev–Trinajstić information content (AvgIpc) is 2.64. The van der Waals surface area contributed by atoms with E-state index in [0.717, 1.165) is 12.8 Å². The Bertz CT molecular complexity index is 436. The molecule has 0 spiro atoms. The molecule has 2 unspecified atom stereocenters. The molecule has 3 N–H and O–H groups in total. The molecule has 1 aromatic heterocycles. The van der Waals surface area contributed by atoms with Crippen LogP contribution in [0.3, 0.4) is 0 Å². The summed E-state index contributed by atoms with van der Waals surface area (Å²) < 4.78 is 4.70. The molecule has 0 amide bonds.